The fraction of sp³-hybridized carbons (Fsp3) is 0.472. The average Bonchev–Trinajstić information content (AvgIpc) is 3.87. The first-order valence-electron chi connectivity index (χ1n) is 17.4. The number of fused-ring (bicyclic) bond motifs is 1. The van der Waals surface area contributed by atoms with Crippen molar-refractivity contribution in [2.24, 2.45) is 0 Å². The van der Waals surface area contributed by atoms with Gasteiger partial charge in [-0.05, 0) is 77.8 Å². The van der Waals surface area contributed by atoms with Crippen LogP contribution in [0.5, 0.6) is 0 Å². The Morgan fingerprint density at radius 3 is 2.31 bits per heavy atom. The van der Waals surface area contributed by atoms with Gasteiger partial charge in [-0.25, -0.2) is 18.8 Å². The third-order valence-corrected chi connectivity index (χ3v) is 8.74. The number of carbonyl (C=O) groups excluding carboxylic acids is 2. The first-order valence-corrected chi connectivity index (χ1v) is 17.4. The topological polar surface area (TPSA) is 190 Å². The van der Waals surface area contributed by atoms with E-state index in [-0.39, 0.29) is 60.9 Å². The van der Waals surface area contributed by atoms with Crippen LogP contribution >= 0.6 is 0 Å². The Morgan fingerprint density at radius 1 is 0.942 bits per heavy atom. The minimum Gasteiger partial charge on any atom is -0.464 e. The number of amides is 1. The number of aromatic nitrogens is 3. The summed E-state index contributed by atoms with van der Waals surface area (Å²) in [5.41, 5.74) is 2.28. The molecule has 278 valence electrons. The van der Waals surface area contributed by atoms with Crippen LogP contribution in [0.25, 0.3) is 11.0 Å². The van der Waals surface area contributed by atoms with Crippen LogP contribution in [-0.4, -0.2) is 90.4 Å². The molecular weight excluding hydrogens is 679 g/mol. The summed E-state index contributed by atoms with van der Waals surface area (Å²) in [6.07, 6.45) is 3.03. The number of benzene rings is 2. The Labute approximate surface area is 299 Å². The Bertz CT molecular complexity index is 1820. The average molecular weight is 723 g/mol. The molecule has 2 aromatic heterocycles. The number of carbonyl (C=O) groups is 2. The minimum absolute atomic E-state index is 0.0681. The number of nitrogens with zero attached hydrogens (tertiary/aromatic N) is 4. The molecule has 0 aliphatic heterocycles. The highest BCUT2D eigenvalue weighted by molar-refractivity contribution is 5.97. The van der Waals surface area contributed by atoms with E-state index in [0.29, 0.717) is 51.0 Å². The summed E-state index contributed by atoms with van der Waals surface area (Å²) in [4.78, 5) is 42.1. The molecule has 1 aliphatic rings. The molecule has 1 atom stereocenters. The Morgan fingerprint density at radius 2 is 1.63 bits per heavy atom. The maximum absolute atomic E-state index is 13.6. The van der Waals surface area contributed by atoms with Gasteiger partial charge in [0.1, 0.15) is 17.1 Å². The lowest BCUT2D eigenvalue weighted by Crippen LogP contribution is -2.55. The van der Waals surface area contributed by atoms with Crippen LogP contribution in [0.4, 0.5) is 15.8 Å². The van der Waals surface area contributed by atoms with E-state index in [2.05, 4.69) is 25.6 Å². The molecule has 2 aromatic carbocycles. The molecule has 52 heavy (non-hydrogen) atoms. The zero-order valence-corrected chi connectivity index (χ0v) is 29.2. The van der Waals surface area contributed by atoms with Gasteiger partial charge < -0.3 is 29.6 Å². The van der Waals surface area contributed by atoms with Crippen molar-refractivity contribution in [3.05, 3.63) is 87.0 Å². The number of ether oxygens (including phenoxy) is 4. The van der Waals surface area contributed by atoms with Gasteiger partial charge in [-0.2, -0.15) is 0 Å². The third kappa shape index (κ3) is 10.0. The van der Waals surface area contributed by atoms with Crippen LogP contribution in [-0.2, 0) is 30.2 Å². The fourth-order valence-electron chi connectivity index (χ4n) is 5.71. The largest absolute Gasteiger partial charge is 0.464 e. The summed E-state index contributed by atoms with van der Waals surface area (Å²) in [6, 6.07) is 12.7. The van der Waals surface area contributed by atoms with Crippen LogP contribution in [0.15, 0.2) is 53.2 Å². The zero-order valence-electron chi connectivity index (χ0n) is 29.2. The molecular formula is C36H43FN6O9. The molecule has 1 aliphatic carbocycles. The first-order chi connectivity index (χ1) is 25.2. The molecule has 0 radical (unpaired) electrons. The summed E-state index contributed by atoms with van der Waals surface area (Å²) in [5, 5.41) is 24.5. The monoisotopic (exact) mass is 722 g/mol. The van der Waals surface area contributed by atoms with Crippen LogP contribution < -0.4 is 10.6 Å². The number of halogens is 1. The van der Waals surface area contributed by atoms with E-state index in [1.807, 2.05) is 6.07 Å². The normalized spacial score (nSPS) is 13.8. The SMILES string of the molecule is CCOC(=O)[C@](CC)(CCOCCOCCOCCNc1ccc([N+](=O)[O-])c2nonc12)NC(=O)c1ccc(C2CC2)c(Cc2ccc(F)cc2)n1. The molecule has 0 saturated heterocycles. The Hall–Kier alpha value is -5.06. The summed E-state index contributed by atoms with van der Waals surface area (Å²) >= 11 is 0. The van der Waals surface area contributed by atoms with Gasteiger partial charge in [0, 0.05) is 37.8 Å². The van der Waals surface area contributed by atoms with Gasteiger partial charge >= 0.3 is 11.7 Å². The highest BCUT2D eigenvalue weighted by atomic mass is 19.1. The van der Waals surface area contributed by atoms with Crippen molar-refractivity contribution in [1.29, 1.82) is 0 Å². The highest BCUT2D eigenvalue weighted by Gasteiger charge is 2.40. The standard InChI is InChI=1S/C36H43FN6O9/c1-3-36(35(45)51-4-2,40-34(44)29-12-11-27(25-7-8-25)30(39-29)23-24-5-9-26(37)10-6-24)15-17-48-19-21-50-22-20-49-18-16-38-28-13-14-31(43(46)47)33-32(28)41-52-42-33/h5-6,9-14,25,38H,3-4,7-8,15-23H2,1-2H3,(H,40,44)/t36-/m0/s1. The zero-order chi connectivity index (χ0) is 36.9. The van der Waals surface area contributed by atoms with E-state index in [0.717, 1.165) is 29.7 Å². The molecule has 16 heteroatoms. The van der Waals surface area contributed by atoms with Crippen molar-refractivity contribution in [1.82, 2.24) is 20.6 Å². The number of non-ortho nitro benzene ring substituents is 1. The van der Waals surface area contributed by atoms with Crippen molar-refractivity contribution in [2.75, 3.05) is 58.1 Å². The number of esters is 1. The van der Waals surface area contributed by atoms with Gasteiger partial charge in [0.05, 0.1) is 50.3 Å². The lowest BCUT2D eigenvalue weighted by molar-refractivity contribution is -0.383. The number of anilines is 1. The van der Waals surface area contributed by atoms with Gasteiger partial charge in [0.15, 0.2) is 5.52 Å². The smallest absolute Gasteiger partial charge is 0.331 e. The fourth-order valence-corrected chi connectivity index (χ4v) is 5.71. The summed E-state index contributed by atoms with van der Waals surface area (Å²) in [5.74, 6) is -0.962. The molecule has 15 nitrogen and oxygen atoms in total. The maximum Gasteiger partial charge on any atom is 0.331 e. The van der Waals surface area contributed by atoms with Gasteiger partial charge in [0.2, 0.25) is 5.52 Å². The molecule has 0 bridgehead atoms. The second-order valence-corrected chi connectivity index (χ2v) is 12.3. The van der Waals surface area contributed by atoms with Crippen LogP contribution in [0.3, 0.4) is 0 Å². The predicted octanol–water partition coefficient (Wildman–Crippen LogP) is 5.13. The van der Waals surface area contributed by atoms with Crippen molar-refractivity contribution in [3.8, 4) is 0 Å². The summed E-state index contributed by atoms with van der Waals surface area (Å²) in [7, 11) is 0. The van der Waals surface area contributed by atoms with E-state index >= 15 is 0 Å². The van der Waals surface area contributed by atoms with Gasteiger partial charge in [-0.3, -0.25) is 14.9 Å². The lowest BCUT2D eigenvalue weighted by atomic mass is 9.91. The number of hydrogen-bond acceptors (Lipinski definition) is 13. The van der Waals surface area contributed by atoms with E-state index in [1.165, 1.54) is 24.3 Å². The maximum atomic E-state index is 13.6. The molecule has 1 fully saturated rings. The lowest BCUT2D eigenvalue weighted by Gasteiger charge is -2.31. The summed E-state index contributed by atoms with van der Waals surface area (Å²) in [6.45, 7) is 5.80. The Balaban J connectivity index is 1.04. The molecule has 0 unspecified atom stereocenters. The van der Waals surface area contributed by atoms with Crippen molar-refractivity contribution in [3.63, 3.8) is 0 Å². The minimum atomic E-state index is -1.33. The third-order valence-electron chi connectivity index (χ3n) is 8.74. The molecule has 2 heterocycles. The number of rotatable bonds is 22. The van der Waals surface area contributed by atoms with Gasteiger partial charge in [0.25, 0.3) is 5.91 Å². The van der Waals surface area contributed by atoms with Gasteiger partial charge in [-0.1, -0.05) is 25.1 Å². The molecule has 1 saturated carbocycles. The first kappa shape index (κ1) is 38.2. The number of nitro groups is 1. The Kier molecular flexibility index (Phi) is 13.5. The number of pyridine rings is 1. The molecule has 0 spiro atoms. The van der Waals surface area contributed by atoms with Gasteiger partial charge in [-0.15, -0.1) is 0 Å². The highest BCUT2D eigenvalue weighted by Crippen LogP contribution is 2.41. The van der Waals surface area contributed by atoms with Crippen molar-refractivity contribution >= 4 is 34.3 Å². The molecule has 5 rings (SSSR count). The number of nitro benzene ring substituents is 1. The van der Waals surface area contributed by atoms with E-state index in [4.69, 9.17) is 23.9 Å². The number of nitrogens with one attached hydrogen (secondary N) is 2. The van der Waals surface area contributed by atoms with Crippen molar-refractivity contribution in [2.45, 2.75) is 57.4 Å². The second-order valence-electron chi connectivity index (χ2n) is 12.3. The predicted molar refractivity (Wildman–Crippen MR) is 187 cm³/mol. The van der Waals surface area contributed by atoms with Crippen molar-refractivity contribution < 1.29 is 42.5 Å². The summed E-state index contributed by atoms with van der Waals surface area (Å²) < 4.78 is 40.4. The van der Waals surface area contributed by atoms with Crippen LogP contribution in [0.2, 0.25) is 0 Å². The molecule has 2 N–H and O–H groups in total. The van der Waals surface area contributed by atoms with Crippen LogP contribution in [0.1, 0.15) is 72.8 Å². The van der Waals surface area contributed by atoms with Crippen LogP contribution in [0, 0.1) is 15.9 Å². The molecule has 1 amide bonds. The molecule has 4 aromatic rings. The van der Waals surface area contributed by atoms with E-state index in [9.17, 15) is 24.1 Å². The quantitative estimate of drug-likeness (QED) is 0.0471. The van der Waals surface area contributed by atoms with E-state index < -0.39 is 22.3 Å². The second kappa shape index (κ2) is 18.4. The van der Waals surface area contributed by atoms with E-state index in [1.54, 1.807) is 32.0 Å². The number of hydrogen-bond donors (Lipinski definition) is 2.